The molecular formula is C18H20F2N2O2S. The summed E-state index contributed by atoms with van der Waals surface area (Å²) < 4.78 is 51.9. The summed E-state index contributed by atoms with van der Waals surface area (Å²) in [5.74, 6) is -1.14. The predicted molar refractivity (Wildman–Crippen MR) is 93.9 cm³/mol. The van der Waals surface area contributed by atoms with Gasteiger partial charge in [0, 0.05) is 23.8 Å². The maximum Gasteiger partial charge on any atom is 0.229 e. The van der Waals surface area contributed by atoms with E-state index < -0.39 is 21.7 Å². The Labute approximate surface area is 146 Å². The summed E-state index contributed by atoms with van der Waals surface area (Å²) in [6.07, 6.45) is 3.51. The van der Waals surface area contributed by atoms with Crippen LogP contribution < -0.4 is 10.0 Å². The van der Waals surface area contributed by atoms with Crippen LogP contribution in [-0.4, -0.2) is 20.7 Å². The van der Waals surface area contributed by atoms with Gasteiger partial charge in [-0.2, -0.15) is 0 Å². The van der Waals surface area contributed by atoms with Gasteiger partial charge in [-0.25, -0.2) is 17.2 Å². The highest BCUT2D eigenvalue weighted by Gasteiger charge is 2.25. The normalized spacial score (nSPS) is 20.6. The zero-order chi connectivity index (χ0) is 18.0. The predicted octanol–water partition coefficient (Wildman–Crippen LogP) is 3.37. The molecule has 2 aromatic rings. The Bertz CT molecular complexity index is 851. The van der Waals surface area contributed by atoms with Gasteiger partial charge in [0.1, 0.15) is 11.6 Å². The van der Waals surface area contributed by atoms with Crippen LogP contribution in [0.25, 0.3) is 0 Å². The van der Waals surface area contributed by atoms with Gasteiger partial charge in [0.25, 0.3) is 0 Å². The molecule has 2 atom stereocenters. The number of sulfonamides is 1. The molecule has 2 aromatic carbocycles. The largest absolute Gasteiger partial charge is 0.307 e. The molecule has 0 saturated carbocycles. The van der Waals surface area contributed by atoms with Gasteiger partial charge in [-0.15, -0.1) is 0 Å². The zero-order valence-electron chi connectivity index (χ0n) is 13.8. The van der Waals surface area contributed by atoms with E-state index in [1.54, 1.807) is 18.2 Å². The third-order valence-corrected chi connectivity index (χ3v) is 4.85. The number of halogens is 2. The Hall–Kier alpha value is -1.99. The minimum Gasteiger partial charge on any atom is -0.307 e. The van der Waals surface area contributed by atoms with E-state index in [0.29, 0.717) is 17.7 Å². The highest BCUT2D eigenvalue weighted by molar-refractivity contribution is 7.92. The first kappa shape index (κ1) is 17.8. The van der Waals surface area contributed by atoms with Crippen LogP contribution in [0.4, 0.5) is 14.5 Å². The second-order valence-corrected chi connectivity index (χ2v) is 8.22. The van der Waals surface area contributed by atoms with E-state index in [0.717, 1.165) is 30.7 Å². The quantitative estimate of drug-likeness (QED) is 0.853. The molecule has 1 aliphatic heterocycles. The van der Waals surface area contributed by atoms with Crippen molar-refractivity contribution in [3.05, 3.63) is 65.2 Å². The standard InChI is InChI=1S/C18H20F2N2O2S/c1-25(23,24)22-17-4-2-3-12(8-17)7-16-5-6-18(21-16)13-9-14(19)11-15(20)10-13/h2-4,8-11,16,18,21-22H,5-7H2,1H3. The van der Waals surface area contributed by atoms with Crippen LogP contribution in [-0.2, 0) is 16.4 Å². The third kappa shape index (κ3) is 4.99. The Morgan fingerprint density at radius 1 is 1.12 bits per heavy atom. The molecule has 0 aromatic heterocycles. The lowest BCUT2D eigenvalue weighted by atomic mass is 10.0. The Morgan fingerprint density at radius 3 is 2.52 bits per heavy atom. The van der Waals surface area contributed by atoms with Crippen LogP contribution in [0, 0.1) is 11.6 Å². The van der Waals surface area contributed by atoms with Gasteiger partial charge < -0.3 is 5.32 Å². The molecule has 0 amide bonds. The first-order valence-electron chi connectivity index (χ1n) is 8.07. The van der Waals surface area contributed by atoms with Crippen molar-refractivity contribution < 1.29 is 17.2 Å². The van der Waals surface area contributed by atoms with E-state index in [2.05, 4.69) is 10.0 Å². The first-order valence-corrected chi connectivity index (χ1v) is 9.96. The van der Waals surface area contributed by atoms with E-state index >= 15 is 0 Å². The topological polar surface area (TPSA) is 58.2 Å². The molecule has 7 heteroatoms. The number of hydrogen-bond acceptors (Lipinski definition) is 3. The highest BCUT2D eigenvalue weighted by atomic mass is 32.2. The van der Waals surface area contributed by atoms with Gasteiger partial charge in [0.15, 0.2) is 0 Å². The van der Waals surface area contributed by atoms with Crippen LogP contribution in [0.1, 0.15) is 30.0 Å². The first-order chi connectivity index (χ1) is 11.8. The maximum atomic E-state index is 13.4. The Balaban J connectivity index is 1.66. The minimum absolute atomic E-state index is 0.0764. The summed E-state index contributed by atoms with van der Waals surface area (Å²) in [5, 5.41) is 3.41. The number of rotatable bonds is 5. The second-order valence-electron chi connectivity index (χ2n) is 6.48. The van der Waals surface area contributed by atoms with Crippen LogP contribution >= 0.6 is 0 Å². The van der Waals surface area contributed by atoms with Crippen LogP contribution in [0.2, 0.25) is 0 Å². The van der Waals surface area contributed by atoms with Crippen molar-refractivity contribution in [1.29, 1.82) is 0 Å². The van der Waals surface area contributed by atoms with Crippen molar-refractivity contribution >= 4 is 15.7 Å². The number of hydrogen-bond donors (Lipinski definition) is 2. The van der Waals surface area contributed by atoms with Gasteiger partial charge in [-0.1, -0.05) is 12.1 Å². The SMILES string of the molecule is CS(=O)(=O)Nc1cccc(CC2CCC(c3cc(F)cc(F)c3)N2)c1. The summed E-state index contributed by atoms with van der Waals surface area (Å²) in [6, 6.07) is 10.9. The van der Waals surface area contributed by atoms with Crippen LogP contribution in [0.3, 0.4) is 0 Å². The molecule has 25 heavy (non-hydrogen) atoms. The van der Waals surface area contributed by atoms with Gasteiger partial charge in [0.05, 0.1) is 6.26 Å². The monoisotopic (exact) mass is 366 g/mol. The maximum absolute atomic E-state index is 13.4. The van der Waals surface area contributed by atoms with Crippen molar-refractivity contribution in [3.63, 3.8) is 0 Å². The molecule has 0 radical (unpaired) electrons. The van der Waals surface area contributed by atoms with E-state index in [-0.39, 0.29) is 12.1 Å². The fourth-order valence-corrected chi connectivity index (χ4v) is 3.83. The molecule has 1 heterocycles. The van der Waals surface area contributed by atoms with E-state index in [1.165, 1.54) is 12.1 Å². The fraction of sp³-hybridized carbons (Fsp3) is 0.333. The van der Waals surface area contributed by atoms with Crippen molar-refractivity contribution in [2.45, 2.75) is 31.3 Å². The molecule has 3 rings (SSSR count). The Kier molecular flexibility index (Phi) is 5.06. The van der Waals surface area contributed by atoms with Crippen molar-refractivity contribution in [3.8, 4) is 0 Å². The molecule has 2 unspecified atom stereocenters. The van der Waals surface area contributed by atoms with Crippen molar-refractivity contribution in [1.82, 2.24) is 5.32 Å². The third-order valence-electron chi connectivity index (χ3n) is 4.24. The van der Waals surface area contributed by atoms with Crippen molar-refractivity contribution in [2.75, 3.05) is 11.0 Å². The van der Waals surface area contributed by atoms with Gasteiger partial charge >= 0.3 is 0 Å². The average Bonchev–Trinajstić information content (AvgIpc) is 2.93. The molecule has 1 aliphatic rings. The lowest BCUT2D eigenvalue weighted by Gasteiger charge is -2.15. The second kappa shape index (κ2) is 7.09. The summed E-state index contributed by atoms with van der Waals surface area (Å²) in [6.45, 7) is 0. The number of nitrogens with one attached hydrogen (secondary N) is 2. The van der Waals surface area contributed by atoms with E-state index in [9.17, 15) is 17.2 Å². The smallest absolute Gasteiger partial charge is 0.229 e. The van der Waals surface area contributed by atoms with Gasteiger partial charge in [-0.3, -0.25) is 4.72 Å². The molecule has 0 aliphatic carbocycles. The van der Waals surface area contributed by atoms with E-state index in [1.807, 2.05) is 6.07 Å². The number of anilines is 1. The van der Waals surface area contributed by atoms with E-state index in [4.69, 9.17) is 0 Å². The molecule has 1 fully saturated rings. The molecule has 0 bridgehead atoms. The molecular weight excluding hydrogens is 346 g/mol. The minimum atomic E-state index is -3.31. The summed E-state index contributed by atoms with van der Waals surface area (Å²) >= 11 is 0. The summed E-state index contributed by atoms with van der Waals surface area (Å²) in [5.41, 5.74) is 2.14. The number of benzene rings is 2. The molecule has 2 N–H and O–H groups in total. The summed E-state index contributed by atoms with van der Waals surface area (Å²) in [4.78, 5) is 0. The van der Waals surface area contributed by atoms with Gasteiger partial charge in [-0.05, 0) is 54.7 Å². The van der Waals surface area contributed by atoms with Crippen LogP contribution in [0.5, 0.6) is 0 Å². The molecule has 0 spiro atoms. The molecule has 134 valence electrons. The molecule has 4 nitrogen and oxygen atoms in total. The zero-order valence-corrected chi connectivity index (χ0v) is 14.6. The average molecular weight is 366 g/mol. The lowest BCUT2D eigenvalue weighted by Crippen LogP contribution is -2.26. The Morgan fingerprint density at radius 2 is 1.84 bits per heavy atom. The van der Waals surface area contributed by atoms with Crippen molar-refractivity contribution in [2.24, 2.45) is 0 Å². The highest BCUT2D eigenvalue weighted by Crippen LogP contribution is 2.29. The lowest BCUT2D eigenvalue weighted by molar-refractivity contribution is 0.536. The summed E-state index contributed by atoms with van der Waals surface area (Å²) in [7, 11) is -3.31. The van der Waals surface area contributed by atoms with Crippen LogP contribution in [0.15, 0.2) is 42.5 Å². The van der Waals surface area contributed by atoms with Gasteiger partial charge in [0.2, 0.25) is 10.0 Å². The fourth-order valence-electron chi connectivity index (χ4n) is 3.28. The molecule has 1 saturated heterocycles.